The third kappa shape index (κ3) is 3.19. The van der Waals surface area contributed by atoms with Crippen LogP contribution in [0.4, 0.5) is 0 Å². The van der Waals surface area contributed by atoms with E-state index in [0.717, 1.165) is 16.9 Å². The van der Waals surface area contributed by atoms with Crippen molar-refractivity contribution in [1.82, 2.24) is 5.43 Å². The summed E-state index contributed by atoms with van der Waals surface area (Å²) in [6, 6.07) is 13.0. The van der Waals surface area contributed by atoms with Crippen molar-refractivity contribution in [2.75, 3.05) is 7.11 Å². The van der Waals surface area contributed by atoms with E-state index in [1.54, 1.807) is 19.2 Å². The van der Waals surface area contributed by atoms with Crippen molar-refractivity contribution in [3.8, 4) is 5.75 Å². The maximum atomic E-state index is 6.03. The lowest BCUT2D eigenvalue weighted by atomic mass is 9.99. The number of methoxy groups -OCH3 is 1. The average Bonchev–Trinajstić information content (AvgIpc) is 2.44. The quantitative estimate of drug-likeness (QED) is 0.670. The number of halogens is 2. The van der Waals surface area contributed by atoms with Gasteiger partial charge in [0.2, 0.25) is 0 Å². The van der Waals surface area contributed by atoms with Gasteiger partial charge in [-0.2, -0.15) is 0 Å². The van der Waals surface area contributed by atoms with Gasteiger partial charge in [0.05, 0.1) is 23.2 Å². The van der Waals surface area contributed by atoms with Crippen LogP contribution in [0.3, 0.4) is 0 Å². The number of hydrazine groups is 1. The summed E-state index contributed by atoms with van der Waals surface area (Å²) in [6.45, 7) is 0. The molecule has 0 fully saturated rings. The fraction of sp³-hybridized carbons (Fsp3) is 0.143. The summed E-state index contributed by atoms with van der Waals surface area (Å²) < 4.78 is 5.13. The SMILES string of the molecule is COc1ccc(C(NN)c2ccc(Cl)c(Cl)c2)cc1. The van der Waals surface area contributed by atoms with Gasteiger partial charge in [0, 0.05) is 0 Å². The zero-order chi connectivity index (χ0) is 13.8. The van der Waals surface area contributed by atoms with Gasteiger partial charge in [-0.05, 0) is 35.4 Å². The molecule has 3 nitrogen and oxygen atoms in total. The van der Waals surface area contributed by atoms with E-state index >= 15 is 0 Å². The second-order valence-electron chi connectivity index (χ2n) is 4.05. The fourth-order valence-electron chi connectivity index (χ4n) is 1.87. The zero-order valence-corrected chi connectivity index (χ0v) is 11.9. The standard InChI is InChI=1S/C14H14Cl2N2O/c1-19-11-5-2-9(3-6-11)14(18-17)10-4-7-12(15)13(16)8-10/h2-8,14,18H,17H2,1H3. The average molecular weight is 297 g/mol. The van der Waals surface area contributed by atoms with E-state index in [1.807, 2.05) is 30.3 Å². The van der Waals surface area contributed by atoms with Gasteiger partial charge in [-0.3, -0.25) is 5.84 Å². The Morgan fingerprint density at radius 3 is 2.16 bits per heavy atom. The van der Waals surface area contributed by atoms with Crippen LogP contribution in [0.25, 0.3) is 0 Å². The molecule has 5 heteroatoms. The second kappa shape index (κ2) is 6.26. The Morgan fingerprint density at radius 1 is 1.00 bits per heavy atom. The van der Waals surface area contributed by atoms with Gasteiger partial charge in [0.25, 0.3) is 0 Å². The molecule has 0 bridgehead atoms. The van der Waals surface area contributed by atoms with Crippen LogP contribution in [0.15, 0.2) is 42.5 Å². The molecule has 0 aliphatic rings. The fourth-order valence-corrected chi connectivity index (χ4v) is 2.18. The molecule has 100 valence electrons. The molecule has 1 unspecified atom stereocenters. The molecule has 3 N–H and O–H groups in total. The smallest absolute Gasteiger partial charge is 0.118 e. The Labute approximate surface area is 122 Å². The lowest BCUT2D eigenvalue weighted by molar-refractivity contribution is 0.414. The van der Waals surface area contributed by atoms with E-state index in [4.69, 9.17) is 33.8 Å². The molecule has 2 rings (SSSR count). The summed E-state index contributed by atoms with van der Waals surface area (Å²) in [5.74, 6) is 6.44. The van der Waals surface area contributed by atoms with Crippen molar-refractivity contribution in [2.45, 2.75) is 6.04 Å². The van der Waals surface area contributed by atoms with Crippen LogP contribution in [-0.4, -0.2) is 7.11 Å². The summed E-state index contributed by atoms with van der Waals surface area (Å²) in [6.07, 6.45) is 0. The topological polar surface area (TPSA) is 47.3 Å². The molecule has 0 heterocycles. The molecule has 0 radical (unpaired) electrons. The summed E-state index contributed by atoms with van der Waals surface area (Å²) >= 11 is 11.9. The monoisotopic (exact) mass is 296 g/mol. The number of nitrogens with one attached hydrogen (secondary N) is 1. The van der Waals surface area contributed by atoms with Gasteiger partial charge in [-0.15, -0.1) is 0 Å². The largest absolute Gasteiger partial charge is 0.497 e. The number of hydrogen-bond donors (Lipinski definition) is 2. The van der Waals surface area contributed by atoms with Crippen LogP contribution >= 0.6 is 23.2 Å². The van der Waals surface area contributed by atoms with E-state index in [9.17, 15) is 0 Å². The first-order valence-electron chi connectivity index (χ1n) is 5.70. The van der Waals surface area contributed by atoms with Gasteiger partial charge in [0.15, 0.2) is 0 Å². The van der Waals surface area contributed by atoms with Crippen LogP contribution < -0.4 is 16.0 Å². The van der Waals surface area contributed by atoms with E-state index in [2.05, 4.69) is 5.43 Å². The molecule has 1 atom stereocenters. The van der Waals surface area contributed by atoms with Crippen LogP contribution in [0.5, 0.6) is 5.75 Å². The molecule has 0 amide bonds. The van der Waals surface area contributed by atoms with Crippen molar-refractivity contribution in [3.05, 3.63) is 63.6 Å². The highest BCUT2D eigenvalue weighted by molar-refractivity contribution is 6.42. The molecule has 0 spiro atoms. The lowest BCUT2D eigenvalue weighted by Gasteiger charge is -2.17. The Morgan fingerprint density at radius 2 is 1.63 bits per heavy atom. The lowest BCUT2D eigenvalue weighted by Crippen LogP contribution is -2.28. The number of nitrogens with two attached hydrogens (primary N) is 1. The molecule has 0 aliphatic carbocycles. The molecule has 2 aromatic carbocycles. The van der Waals surface area contributed by atoms with E-state index in [1.165, 1.54) is 0 Å². The molecule has 2 aromatic rings. The third-order valence-corrected chi connectivity index (χ3v) is 3.63. The Bertz CT molecular complexity index is 558. The van der Waals surface area contributed by atoms with Crippen molar-refractivity contribution in [2.24, 2.45) is 5.84 Å². The Hall–Kier alpha value is -1.26. The molecular formula is C14H14Cl2N2O. The first-order chi connectivity index (χ1) is 9.15. The summed E-state index contributed by atoms with van der Waals surface area (Å²) in [4.78, 5) is 0. The molecule has 0 saturated carbocycles. The second-order valence-corrected chi connectivity index (χ2v) is 4.86. The van der Waals surface area contributed by atoms with Crippen molar-refractivity contribution in [3.63, 3.8) is 0 Å². The number of benzene rings is 2. The Kier molecular flexibility index (Phi) is 4.66. The predicted molar refractivity (Wildman–Crippen MR) is 78.6 cm³/mol. The van der Waals surface area contributed by atoms with E-state index in [0.29, 0.717) is 10.0 Å². The van der Waals surface area contributed by atoms with E-state index < -0.39 is 0 Å². The normalized spacial score (nSPS) is 12.2. The van der Waals surface area contributed by atoms with Crippen LogP contribution in [0, 0.1) is 0 Å². The van der Waals surface area contributed by atoms with Crippen molar-refractivity contribution < 1.29 is 4.74 Å². The first kappa shape index (κ1) is 14.2. The minimum atomic E-state index is -0.152. The number of ether oxygens (including phenoxy) is 1. The summed E-state index contributed by atoms with van der Waals surface area (Å²) in [7, 11) is 1.63. The Balaban J connectivity index is 2.34. The van der Waals surface area contributed by atoms with Crippen LogP contribution in [0.1, 0.15) is 17.2 Å². The van der Waals surface area contributed by atoms with Gasteiger partial charge >= 0.3 is 0 Å². The first-order valence-corrected chi connectivity index (χ1v) is 6.46. The molecule has 0 aromatic heterocycles. The highest BCUT2D eigenvalue weighted by Crippen LogP contribution is 2.29. The van der Waals surface area contributed by atoms with Crippen LogP contribution in [0.2, 0.25) is 10.0 Å². The van der Waals surface area contributed by atoms with Gasteiger partial charge < -0.3 is 4.74 Å². The van der Waals surface area contributed by atoms with Crippen LogP contribution in [-0.2, 0) is 0 Å². The minimum Gasteiger partial charge on any atom is -0.497 e. The van der Waals surface area contributed by atoms with Gasteiger partial charge in [0.1, 0.15) is 5.75 Å². The molecule has 0 aliphatic heterocycles. The van der Waals surface area contributed by atoms with Crippen molar-refractivity contribution in [1.29, 1.82) is 0 Å². The molecular weight excluding hydrogens is 283 g/mol. The highest BCUT2D eigenvalue weighted by Gasteiger charge is 2.13. The highest BCUT2D eigenvalue weighted by atomic mass is 35.5. The molecule has 19 heavy (non-hydrogen) atoms. The third-order valence-electron chi connectivity index (χ3n) is 2.89. The van der Waals surface area contributed by atoms with E-state index in [-0.39, 0.29) is 6.04 Å². The summed E-state index contributed by atoms with van der Waals surface area (Å²) in [5, 5.41) is 1.03. The maximum absolute atomic E-state index is 6.03. The summed E-state index contributed by atoms with van der Waals surface area (Å²) in [5.41, 5.74) is 4.74. The van der Waals surface area contributed by atoms with Gasteiger partial charge in [-0.25, -0.2) is 5.43 Å². The predicted octanol–water partition coefficient (Wildman–Crippen LogP) is 3.55. The van der Waals surface area contributed by atoms with Gasteiger partial charge in [-0.1, -0.05) is 41.4 Å². The minimum absolute atomic E-state index is 0.152. The zero-order valence-electron chi connectivity index (χ0n) is 10.4. The maximum Gasteiger partial charge on any atom is 0.118 e. The molecule has 0 saturated heterocycles. The number of rotatable bonds is 4. The van der Waals surface area contributed by atoms with Crippen molar-refractivity contribution >= 4 is 23.2 Å². The number of hydrogen-bond acceptors (Lipinski definition) is 3.